The molecule has 0 aliphatic carbocycles. The molecule has 0 unspecified atom stereocenters. The van der Waals surface area contributed by atoms with Crippen LogP contribution in [0.4, 0.5) is 5.82 Å². The van der Waals surface area contributed by atoms with E-state index in [1.165, 1.54) is 5.56 Å². The molecule has 0 spiro atoms. The summed E-state index contributed by atoms with van der Waals surface area (Å²) in [6, 6.07) is 0.346. The SMILES string of the molecule is Cn1ccnc(N2CCC[C@H](NCc3cnn(C(C)(C)C)c3)C2)c1=O. The summed E-state index contributed by atoms with van der Waals surface area (Å²) >= 11 is 0. The molecule has 3 heterocycles. The molecule has 25 heavy (non-hydrogen) atoms. The molecule has 0 radical (unpaired) electrons. The summed E-state index contributed by atoms with van der Waals surface area (Å²) in [7, 11) is 1.76. The maximum atomic E-state index is 12.3. The van der Waals surface area contributed by atoms with Gasteiger partial charge in [-0.2, -0.15) is 5.10 Å². The largest absolute Gasteiger partial charge is 0.350 e. The number of rotatable bonds is 4. The minimum atomic E-state index is -0.0328. The van der Waals surface area contributed by atoms with Crippen LogP contribution in [-0.4, -0.2) is 38.5 Å². The number of piperidine rings is 1. The predicted octanol–water partition coefficient (Wildman–Crippen LogP) is 1.49. The third-order valence-corrected chi connectivity index (χ3v) is 4.64. The quantitative estimate of drug-likeness (QED) is 0.910. The predicted molar refractivity (Wildman–Crippen MR) is 98.8 cm³/mol. The Kier molecular flexibility index (Phi) is 4.94. The number of hydrogen-bond acceptors (Lipinski definition) is 5. The highest BCUT2D eigenvalue weighted by molar-refractivity contribution is 5.36. The van der Waals surface area contributed by atoms with Crippen LogP contribution in [-0.2, 0) is 19.1 Å². The Hall–Kier alpha value is -2.15. The number of hydrogen-bond donors (Lipinski definition) is 1. The van der Waals surface area contributed by atoms with E-state index in [0.717, 1.165) is 32.5 Å². The van der Waals surface area contributed by atoms with Crippen LogP contribution in [0.5, 0.6) is 0 Å². The lowest BCUT2D eigenvalue weighted by Crippen LogP contribution is -2.47. The second kappa shape index (κ2) is 7.00. The average molecular weight is 344 g/mol. The van der Waals surface area contributed by atoms with Crippen LogP contribution in [0.25, 0.3) is 0 Å². The van der Waals surface area contributed by atoms with Gasteiger partial charge in [0.1, 0.15) is 0 Å². The van der Waals surface area contributed by atoms with Gasteiger partial charge in [0.15, 0.2) is 5.82 Å². The van der Waals surface area contributed by atoms with Crippen LogP contribution in [0.1, 0.15) is 39.2 Å². The van der Waals surface area contributed by atoms with E-state index in [4.69, 9.17) is 0 Å². The smallest absolute Gasteiger partial charge is 0.293 e. The van der Waals surface area contributed by atoms with Gasteiger partial charge in [0.2, 0.25) is 0 Å². The van der Waals surface area contributed by atoms with Crippen molar-refractivity contribution in [2.24, 2.45) is 7.05 Å². The van der Waals surface area contributed by atoms with Crippen LogP contribution in [0.3, 0.4) is 0 Å². The zero-order valence-corrected chi connectivity index (χ0v) is 15.6. The third kappa shape index (κ3) is 4.10. The number of aryl methyl sites for hydroxylation is 1. The highest BCUT2D eigenvalue weighted by Gasteiger charge is 2.23. The number of nitrogens with one attached hydrogen (secondary N) is 1. The van der Waals surface area contributed by atoms with Crippen molar-refractivity contribution in [3.05, 3.63) is 40.7 Å². The summed E-state index contributed by atoms with van der Waals surface area (Å²) in [5.74, 6) is 0.553. The van der Waals surface area contributed by atoms with Crippen LogP contribution in [0.2, 0.25) is 0 Å². The van der Waals surface area contributed by atoms with E-state index in [1.807, 2.05) is 10.9 Å². The minimum absolute atomic E-state index is 0.00107. The molecule has 0 saturated carbocycles. The monoisotopic (exact) mass is 344 g/mol. The molecule has 0 amide bonds. The highest BCUT2D eigenvalue weighted by atomic mass is 16.1. The van der Waals surface area contributed by atoms with E-state index in [-0.39, 0.29) is 11.1 Å². The van der Waals surface area contributed by atoms with E-state index < -0.39 is 0 Å². The highest BCUT2D eigenvalue weighted by Crippen LogP contribution is 2.16. The van der Waals surface area contributed by atoms with Crippen LogP contribution < -0.4 is 15.8 Å². The Morgan fingerprint density at radius 2 is 2.16 bits per heavy atom. The van der Waals surface area contributed by atoms with E-state index in [1.54, 1.807) is 24.0 Å². The Bertz CT molecular complexity index is 772. The fourth-order valence-corrected chi connectivity index (χ4v) is 3.12. The molecular formula is C18H28N6O. The van der Waals surface area contributed by atoms with Gasteiger partial charge in [0.25, 0.3) is 5.56 Å². The zero-order valence-electron chi connectivity index (χ0n) is 15.6. The van der Waals surface area contributed by atoms with Gasteiger partial charge in [-0.1, -0.05) is 0 Å². The molecular weight excluding hydrogens is 316 g/mol. The first-order valence-corrected chi connectivity index (χ1v) is 8.88. The summed E-state index contributed by atoms with van der Waals surface area (Å²) in [5, 5.41) is 8.05. The van der Waals surface area contributed by atoms with Gasteiger partial charge in [-0.25, -0.2) is 4.98 Å². The summed E-state index contributed by atoms with van der Waals surface area (Å²) in [5.41, 5.74) is 1.15. The van der Waals surface area contributed by atoms with E-state index in [9.17, 15) is 4.79 Å². The Morgan fingerprint density at radius 1 is 1.36 bits per heavy atom. The second-order valence-electron chi connectivity index (χ2n) is 7.80. The maximum absolute atomic E-state index is 12.3. The fraction of sp³-hybridized carbons (Fsp3) is 0.611. The van der Waals surface area contributed by atoms with Crippen molar-refractivity contribution >= 4 is 5.82 Å². The average Bonchev–Trinajstić information content (AvgIpc) is 3.05. The number of anilines is 1. The molecule has 1 aliphatic rings. The molecule has 2 aromatic rings. The molecule has 1 saturated heterocycles. The van der Waals surface area contributed by atoms with E-state index in [2.05, 4.69) is 47.3 Å². The topological polar surface area (TPSA) is 68.0 Å². The van der Waals surface area contributed by atoms with E-state index in [0.29, 0.717) is 11.9 Å². The molecule has 7 heteroatoms. The Balaban J connectivity index is 1.61. The Morgan fingerprint density at radius 3 is 2.88 bits per heavy atom. The van der Waals surface area contributed by atoms with Gasteiger partial charge >= 0.3 is 0 Å². The fourth-order valence-electron chi connectivity index (χ4n) is 3.12. The molecule has 136 valence electrons. The molecule has 0 bridgehead atoms. The van der Waals surface area contributed by atoms with E-state index >= 15 is 0 Å². The molecule has 1 aliphatic heterocycles. The first-order chi connectivity index (χ1) is 11.8. The summed E-state index contributed by atoms with van der Waals surface area (Å²) in [6.07, 6.45) is 9.57. The van der Waals surface area contributed by atoms with Crippen LogP contribution in [0, 0.1) is 0 Å². The molecule has 1 fully saturated rings. The lowest BCUT2D eigenvalue weighted by atomic mass is 10.1. The molecule has 3 rings (SSSR count). The third-order valence-electron chi connectivity index (χ3n) is 4.64. The van der Waals surface area contributed by atoms with Crippen molar-refractivity contribution in [2.45, 2.75) is 51.7 Å². The van der Waals surface area contributed by atoms with Crippen molar-refractivity contribution in [3.63, 3.8) is 0 Å². The number of aromatic nitrogens is 4. The van der Waals surface area contributed by atoms with Gasteiger partial charge in [0, 0.05) is 56.9 Å². The molecule has 0 aromatic carbocycles. The summed E-state index contributed by atoms with van der Waals surface area (Å²) in [6.45, 7) is 8.90. The molecule has 2 aromatic heterocycles. The lowest BCUT2D eigenvalue weighted by Gasteiger charge is -2.33. The lowest BCUT2D eigenvalue weighted by molar-refractivity contribution is 0.355. The first-order valence-electron chi connectivity index (χ1n) is 8.88. The molecule has 1 atom stereocenters. The first kappa shape index (κ1) is 17.7. The standard InChI is InChI=1S/C18H28N6O/c1-18(2,3)24-12-14(11-21-24)10-20-15-6-5-8-23(13-15)16-17(25)22(4)9-7-19-16/h7,9,11-12,15,20H,5-6,8,10,13H2,1-4H3/t15-/m0/s1. The Labute approximate surface area is 148 Å². The van der Waals surface area contributed by atoms with Crippen molar-refractivity contribution in [2.75, 3.05) is 18.0 Å². The molecule has 1 N–H and O–H groups in total. The van der Waals surface area contributed by atoms with Crippen LogP contribution in [0.15, 0.2) is 29.6 Å². The normalized spacial score (nSPS) is 18.6. The number of nitrogens with zero attached hydrogens (tertiary/aromatic N) is 5. The molecule has 7 nitrogen and oxygen atoms in total. The van der Waals surface area contributed by atoms with Gasteiger partial charge in [0.05, 0.1) is 11.7 Å². The summed E-state index contributed by atoms with van der Waals surface area (Å²) in [4.78, 5) is 18.7. The minimum Gasteiger partial charge on any atom is -0.350 e. The van der Waals surface area contributed by atoms with Gasteiger partial charge in [-0.3, -0.25) is 9.48 Å². The van der Waals surface area contributed by atoms with Crippen molar-refractivity contribution in [1.29, 1.82) is 0 Å². The van der Waals surface area contributed by atoms with Crippen molar-refractivity contribution in [1.82, 2.24) is 24.6 Å². The van der Waals surface area contributed by atoms with Gasteiger partial charge in [-0.05, 0) is 33.6 Å². The van der Waals surface area contributed by atoms with Crippen molar-refractivity contribution < 1.29 is 0 Å². The van der Waals surface area contributed by atoms with Gasteiger partial charge in [-0.15, -0.1) is 0 Å². The van der Waals surface area contributed by atoms with Crippen molar-refractivity contribution in [3.8, 4) is 0 Å². The maximum Gasteiger partial charge on any atom is 0.293 e. The van der Waals surface area contributed by atoms with Crippen LogP contribution >= 0.6 is 0 Å². The van der Waals surface area contributed by atoms with Gasteiger partial charge < -0.3 is 14.8 Å². The second-order valence-corrected chi connectivity index (χ2v) is 7.80. The summed E-state index contributed by atoms with van der Waals surface area (Å²) < 4.78 is 3.58. The zero-order chi connectivity index (χ0) is 18.0.